The third-order valence-corrected chi connectivity index (χ3v) is 1.61. The van der Waals surface area contributed by atoms with E-state index in [0.717, 1.165) is 0 Å². The quantitative estimate of drug-likeness (QED) is 0.406. The molecule has 0 aromatic carbocycles. The minimum Gasteiger partial charge on any atom is -0.394 e. The topological polar surface area (TPSA) is 79.8 Å². The lowest BCUT2D eigenvalue weighted by molar-refractivity contribution is 0.0634. The van der Waals surface area contributed by atoms with Crippen LogP contribution in [0, 0.1) is 0 Å². The van der Waals surface area contributed by atoms with E-state index in [1.54, 1.807) is 21.0 Å². The predicted molar refractivity (Wildman–Crippen MR) is 55.5 cm³/mol. The molecule has 0 aliphatic heterocycles. The van der Waals surface area contributed by atoms with Crippen molar-refractivity contribution in [2.24, 2.45) is 0 Å². The van der Waals surface area contributed by atoms with Crippen molar-refractivity contribution in [2.45, 2.75) is 19.4 Å². The van der Waals surface area contributed by atoms with Gasteiger partial charge in [-0.05, 0) is 13.8 Å². The number of carbonyl (C=O) groups is 1. The van der Waals surface area contributed by atoms with Gasteiger partial charge in [0.15, 0.2) is 0 Å². The first-order valence-electron chi connectivity index (χ1n) is 4.75. The van der Waals surface area contributed by atoms with Gasteiger partial charge in [-0.1, -0.05) is 0 Å². The molecule has 0 aromatic rings. The minimum atomic E-state index is -0.628. The number of urea groups is 1. The van der Waals surface area contributed by atoms with Crippen LogP contribution in [0.25, 0.3) is 0 Å². The normalized spacial score (nSPS) is 11.2. The van der Waals surface area contributed by atoms with Crippen LogP contribution in [0.2, 0.25) is 0 Å². The van der Waals surface area contributed by atoms with Crippen LogP contribution in [0.5, 0.6) is 0 Å². The van der Waals surface area contributed by atoms with Crippen molar-refractivity contribution in [3.8, 4) is 0 Å². The molecule has 90 valence electrons. The summed E-state index contributed by atoms with van der Waals surface area (Å²) in [7, 11) is 1.58. The molecule has 0 bridgehead atoms. The molecule has 0 fully saturated rings. The number of methoxy groups -OCH3 is 1. The van der Waals surface area contributed by atoms with Crippen molar-refractivity contribution in [1.29, 1.82) is 0 Å². The SMILES string of the molecule is COCCOCNC(=O)NC(C)(C)CO. The molecule has 0 saturated carbocycles. The average Bonchev–Trinajstić information content (AvgIpc) is 2.17. The zero-order valence-corrected chi connectivity index (χ0v) is 9.50. The molecule has 0 aliphatic carbocycles. The fraction of sp³-hybridized carbons (Fsp3) is 0.889. The molecule has 15 heavy (non-hydrogen) atoms. The van der Waals surface area contributed by atoms with E-state index in [2.05, 4.69) is 10.6 Å². The summed E-state index contributed by atoms with van der Waals surface area (Å²) in [6.07, 6.45) is 0. The Morgan fingerprint density at radius 1 is 1.40 bits per heavy atom. The first-order valence-corrected chi connectivity index (χ1v) is 4.75. The number of rotatable bonds is 7. The summed E-state index contributed by atoms with van der Waals surface area (Å²) in [5.74, 6) is 0. The van der Waals surface area contributed by atoms with Gasteiger partial charge in [0.25, 0.3) is 0 Å². The smallest absolute Gasteiger partial charge is 0.317 e. The van der Waals surface area contributed by atoms with Crippen molar-refractivity contribution < 1.29 is 19.4 Å². The van der Waals surface area contributed by atoms with Gasteiger partial charge in [-0.2, -0.15) is 0 Å². The van der Waals surface area contributed by atoms with Gasteiger partial charge in [-0.25, -0.2) is 4.79 Å². The molecule has 6 nitrogen and oxygen atoms in total. The first-order chi connectivity index (χ1) is 7.02. The highest BCUT2D eigenvalue weighted by molar-refractivity contribution is 5.74. The number of aliphatic hydroxyl groups is 1. The molecule has 0 aromatic heterocycles. The fourth-order valence-electron chi connectivity index (χ4n) is 0.722. The second kappa shape index (κ2) is 7.44. The molecule has 3 N–H and O–H groups in total. The number of hydrogen-bond donors (Lipinski definition) is 3. The lowest BCUT2D eigenvalue weighted by atomic mass is 10.1. The Kier molecular flexibility index (Phi) is 7.02. The van der Waals surface area contributed by atoms with E-state index in [1.165, 1.54) is 0 Å². The molecule has 0 aliphatic rings. The van der Waals surface area contributed by atoms with E-state index in [1.807, 2.05) is 0 Å². The van der Waals surface area contributed by atoms with Crippen LogP contribution in [-0.4, -0.2) is 50.3 Å². The molecular weight excluding hydrogens is 200 g/mol. The number of nitrogens with one attached hydrogen (secondary N) is 2. The molecule has 0 saturated heterocycles. The summed E-state index contributed by atoms with van der Waals surface area (Å²) in [5, 5.41) is 14.0. The number of hydrogen-bond acceptors (Lipinski definition) is 4. The monoisotopic (exact) mass is 220 g/mol. The molecule has 0 atom stereocenters. The zero-order valence-electron chi connectivity index (χ0n) is 9.50. The Bertz CT molecular complexity index is 185. The Morgan fingerprint density at radius 2 is 2.07 bits per heavy atom. The number of amides is 2. The van der Waals surface area contributed by atoms with E-state index < -0.39 is 5.54 Å². The van der Waals surface area contributed by atoms with Gasteiger partial charge in [0.2, 0.25) is 0 Å². The fourth-order valence-corrected chi connectivity index (χ4v) is 0.722. The van der Waals surface area contributed by atoms with E-state index in [9.17, 15) is 4.79 Å². The Balaban J connectivity index is 3.49. The second-order valence-corrected chi connectivity index (χ2v) is 3.72. The van der Waals surface area contributed by atoms with E-state index in [-0.39, 0.29) is 19.4 Å². The molecule has 0 heterocycles. The minimum absolute atomic E-state index is 0.120. The van der Waals surface area contributed by atoms with Crippen LogP contribution in [-0.2, 0) is 9.47 Å². The standard InChI is InChI=1S/C9H20N2O4/c1-9(2,6-12)11-8(13)10-7-15-5-4-14-3/h12H,4-7H2,1-3H3,(H2,10,11,13). The Labute approximate surface area is 89.9 Å². The van der Waals surface area contributed by atoms with Gasteiger partial charge in [0, 0.05) is 7.11 Å². The van der Waals surface area contributed by atoms with Crippen molar-refractivity contribution in [3.63, 3.8) is 0 Å². The molecule has 6 heteroatoms. The van der Waals surface area contributed by atoms with Gasteiger partial charge in [-0.3, -0.25) is 0 Å². The second-order valence-electron chi connectivity index (χ2n) is 3.72. The number of aliphatic hydroxyl groups excluding tert-OH is 1. The molecule has 0 radical (unpaired) electrons. The highest BCUT2D eigenvalue weighted by Gasteiger charge is 2.18. The van der Waals surface area contributed by atoms with Gasteiger partial charge >= 0.3 is 6.03 Å². The van der Waals surface area contributed by atoms with Crippen LogP contribution in [0.4, 0.5) is 4.79 Å². The summed E-state index contributed by atoms with van der Waals surface area (Å²) >= 11 is 0. The lowest BCUT2D eigenvalue weighted by Crippen LogP contribution is -2.50. The number of carbonyl (C=O) groups excluding carboxylic acids is 1. The van der Waals surface area contributed by atoms with Crippen LogP contribution >= 0.6 is 0 Å². The number of ether oxygens (including phenoxy) is 2. The van der Waals surface area contributed by atoms with Crippen molar-refractivity contribution in [3.05, 3.63) is 0 Å². The van der Waals surface area contributed by atoms with Crippen molar-refractivity contribution >= 4 is 6.03 Å². The van der Waals surface area contributed by atoms with Crippen LogP contribution < -0.4 is 10.6 Å². The largest absolute Gasteiger partial charge is 0.394 e. The van der Waals surface area contributed by atoms with Gasteiger partial charge in [0.05, 0.1) is 25.4 Å². The summed E-state index contributed by atoms with van der Waals surface area (Å²) in [6, 6.07) is -0.369. The molecular formula is C9H20N2O4. The Morgan fingerprint density at radius 3 is 2.60 bits per heavy atom. The lowest BCUT2D eigenvalue weighted by Gasteiger charge is -2.23. The third-order valence-electron chi connectivity index (χ3n) is 1.61. The summed E-state index contributed by atoms with van der Waals surface area (Å²) < 4.78 is 9.79. The van der Waals surface area contributed by atoms with Gasteiger partial charge < -0.3 is 25.2 Å². The van der Waals surface area contributed by atoms with Gasteiger partial charge in [-0.15, -0.1) is 0 Å². The van der Waals surface area contributed by atoms with Crippen molar-refractivity contribution in [2.75, 3.05) is 33.7 Å². The molecule has 2 amide bonds. The summed E-state index contributed by atoms with van der Waals surface area (Å²) in [5.41, 5.74) is -0.628. The maximum absolute atomic E-state index is 11.2. The predicted octanol–water partition coefficient (Wildman–Crippen LogP) is -0.323. The molecule has 0 spiro atoms. The highest BCUT2D eigenvalue weighted by atomic mass is 16.5. The highest BCUT2D eigenvalue weighted by Crippen LogP contribution is 1.98. The van der Waals surface area contributed by atoms with Crippen LogP contribution in [0.15, 0.2) is 0 Å². The van der Waals surface area contributed by atoms with E-state index >= 15 is 0 Å². The maximum atomic E-state index is 11.2. The van der Waals surface area contributed by atoms with E-state index in [4.69, 9.17) is 14.6 Å². The Hall–Kier alpha value is -0.850. The maximum Gasteiger partial charge on any atom is 0.317 e. The average molecular weight is 220 g/mol. The molecule has 0 unspecified atom stereocenters. The molecule has 0 rings (SSSR count). The summed E-state index contributed by atoms with van der Waals surface area (Å²) in [4.78, 5) is 11.2. The van der Waals surface area contributed by atoms with Crippen molar-refractivity contribution in [1.82, 2.24) is 10.6 Å². The van der Waals surface area contributed by atoms with Gasteiger partial charge in [0.1, 0.15) is 6.73 Å². The summed E-state index contributed by atoms with van der Waals surface area (Å²) in [6.45, 7) is 4.37. The zero-order chi connectivity index (χ0) is 11.7. The van der Waals surface area contributed by atoms with Crippen LogP contribution in [0.3, 0.4) is 0 Å². The van der Waals surface area contributed by atoms with E-state index in [0.29, 0.717) is 13.2 Å². The third kappa shape index (κ3) is 8.17. The first kappa shape index (κ1) is 14.2. The van der Waals surface area contributed by atoms with Crippen LogP contribution in [0.1, 0.15) is 13.8 Å².